The summed E-state index contributed by atoms with van der Waals surface area (Å²) in [4.78, 5) is 39.3. The molecule has 314 valence electrons. The van der Waals surface area contributed by atoms with Gasteiger partial charge in [-0.2, -0.15) is 0 Å². The second-order valence-corrected chi connectivity index (χ2v) is 17.7. The first kappa shape index (κ1) is 51.4. The molecule has 0 fully saturated rings. The van der Waals surface area contributed by atoms with Crippen LogP contribution in [0.3, 0.4) is 0 Å². The Bertz CT molecular complexity index is 887. The summed E-state index contributed by atoms with van der Waals surface area (Å²) in [5.74, 6) is 3.77. The zero-order valence-corrected chi connectivity index (χ0v) is 36.8. The predicted molar refractivity (Wildman–Crippen MR) is 223 cm³/mol. The van der Waals surface area contributed by atoms with Crippen LogP contribution in [0.5, 0.6) is 0 Å². The molecule has 0 saturated heterocycles. The van der Waals surface area contributed by atoms with Gasteiger partial charge in [0.2, 0.25) is 0 Å². The lowest BCUT2D eigenvalue weighted by atomic mass is 9.86. The Kier molecular flexibility index (Phi) is 32.7. The van der Waals surface area contributed by atoms with Gasteiger partial charge in [0, 0.05) is 19.3 Å². The van der Waals surface area contributed by atoms with Gasteiger partial charge in [-0.1, -0.05) is 113 Å². The largest absolute Gasteiger partial charge is 0.466 e. The smallest absolute Gasteiger partial charge is 0.306 e. The summed E-state index contributed by atoms with van der Waals surface area (Å²) < 4.78 is 17.1. The summed E-state index contributed by atoms with van der Waals surface area (Å²) in [5.41, 5.74) is 0. The number of rotatable bonds is 36. The van der Waals surface area contributed by atoms with Crippen molar-refractivity contribution >= 4 is 17.9 Å². The predicted octanol–water partition coefficient (Wildman–Crippen LogP) is 12.4. The second kappa shape index (κ2) is 33.7. The summed E-state index contributed by atoms with van der Waals surface area (Å²) in [5, 5.41) is 0. The van der Waals surface area contributed by atoms with E-state index >= 15 is 0 Å². The molecule has 0 aliphatic rings. The molecule has 0 rings (SSSR count). The molecular weight excluding hydrogens is 663 g/mol. The van der Waals surface area contributed by atoms with Gasteiger partial charge in [-0.3, -0.25) is 14.4 Å². The van der Waals surface area contributed by atoms with E-state index in [1.54, 1.807) is 0 Å². The fourth-order valence-electron chi connectivity index (χ4n) is 7.05. The van der Waals surface area contributed by atoms with Gasteiger partial charge in [-0.05, 0) is 127 Å². The molecule has 0 aromatic rings. The lowest BCUT2D eigenvalue weighted by Gasteiger charge is -2.22. The normalized spacial score (nSPS) is 14.2. The Morgan fingerprint density at radius 1 is 0.491 bits per heavy atom. The van der Waals surface area contributed by atoms with Crippen LogP contribution in [0.2, 0.25) is 0 Å². The van der Waals surface area contributed by atoms with Crippen molar-refractivity contribution in [2.45, 2.75) is 209 Å². The molecule has 0 bridgehead atoms. The molecule has 0 amide bonds. The number of carbonyl (C=O) groups is 3. The summed E-state index contributed by atoms with van der Waals surface area (Å²) in [6.45, 7) is 20.2. The van der Waals surface area contributed by atoms with Crippen LogP contribution in [-0.4, -0.2) is 62.8 Å². The highest BCUT2D eigenvalue weighted by Gasteiger charge is 2.18. The topological polar surface area (TPSA) is 82.1 Å². The number of unbranched alkanes of at least 4 members (excludes halogenated alkanes) is 8. The summed E-state index contributed by atoms with van der Waals surface area (Å²) in [7, 11) is 4.05. The van der Waals surface area contributed by atoms with Gasteiger partial charge in [-0.25, -0.2) is 0 Å². The molecule has 0 aromatic heterocycles. The van der Waals surface area contributed by atoms with Crippen molar-refractivity contribution in [3.05, 3.63) is 0 Å². The number of carbonyl (C=O) groups excluding carboxylic acids is 3. The number of esters is 3. The summed E-state index contributed by atoms with van der Waals surface area (Å²) in [6.07, 6.45) is 22.3. The van der Waals surface area contributed by atoms with Gasteiger partial charge < -0.3 is 19.1 Å². The third kappa shape index (κ3) is 32.3. The quantitative estimate of drug-likeness (QED) is 0.0358. The third-order valence-electron chi connectivity index (χ3n) is 11.3. The number of hydrogen-bond acceptors (Lipinski definition) is 7. The van der Waals surface area contributed by atoms with Crippen LogP contribution in [0.1, 0.15) is 203 Å². The van der Waals surface area contributed by atoms with Crippen molar-refractivity contribution in [3.63, 3.8) is 0 Å². The van der Waals surface area contributed by atoms with E-state index in [0.717, 1.165) is 109 Å². The number of nitrogens with zero attached hydrogens (tertiary/aromatic N) is 1. The molecule has 0 aliphatic carbocycles. The Hall–Kier alpha value is -1.63. The molecule has 0 heterocycles. The minimum atomic E-state index is -0.0799. The molecule has 4 atom stereocenters. The van der Waals surface area contributed by atoms with Gasteiger partial charge in [-0.15, -0.1) is 0 Å². The van der Waals surface area contributed by atoms with Crippen LogP contribution in [0.4, 0.5) is 0 Å². The van der Waals surface area contributed by atoms with Crippen molar-refractivity contribution in [2.75, 3.05) is 33.9 Å². The maximum absolute atomic E-state index is 12.6. The van der Waals surface area contributed by atoms with Crippen molar-refractivity contribution in [1.82, 2.24) is 4.90 Å². The van der Waals surface area contributed by atoms with Crippen molar-refractivity contribution in [2.24, 2.45) is 35.5 Å². The van der Waals surface area contributed by atoms with Crippen molar-refractivity contribution in [3.8, 4) is 0 Å². The van der Waals surface area contributed by atoms with Gasteiger partial charge >= 0.3 is 17.9 Å². The van der Waals surface area contributed by atoms with E-state index in [9.17, 15) is 14.4 Å². The maximum atomic E-state index is 12.6. The molecule has 0 radical (unpaired) electrons. The van der Waals surface area contributed by atoms with Gasteiger partial charge in [0.15, 0.2) is 0 Å². The van der Waals surface area contributed by atoms with Crippen LogP contribution in [0.25, 0.3) is 0 Å². The molecule has 0 aliphatic heterocycles. The molecule has 7 nitrogen and oxygen atoms in total. The van der Waals surface area contributed by atoms with Gasteiger partial charge in [0.25, 0.3) is 0 Å². The van der Waals surface area contributed by atoms with Crippen LogP contribution in [0, 0.1) is 35.5 Å². The fraction of sp³-hybridized carbons (Fsp3) is 0.935. The molecule has 4 unspecified atom stereocenters. The van der Waals surface area contributed by atoms with Crippen LogP contribution < -0.4 is 0 Å². The SMILES string of the molecule is CCC(C)CCC(CCOC(=O)CCCCCCCC(CCCCCCCC(=O)OCCC(CCC(C)C)C(C)C)OC(=O)CCCN(C)C)C(C)C. The van der Waals surface area contributed by atoms with Crippen LogP contribution >= 0.6 is 0 Å². The molecule has 0 aromatic carbocycles. The third-order valence-corrected chi connectivity index (χ3v) is 11.3. The lowest BCUT2D eigenvalue weighted by molar-refractivity contribution is -0.150. The Morgan fingerprint density at radius 2 is 0.925 bits per heavy atom. The van der Waals surface area contributed by atoms with Crippen molar-refractivity contribution < 1.29 is 28.6 Å². The zero-order chi connectivity index (χ0) is 39.9. The van der Waals surface area contributed by atoms with Gasteiger partial charge in [0.1, 0.15) is 6.10 Å². The fourth-order valence-corrected chi connectivity index (χ4v) is 7.05. The average Bonchev–Trinajstić information content (AvgIpc) is 3.09. The first-order valence-electron chi connectivity index (χ1n) is 22.4. The zero-order valence-electron chi connectivity index (χ0n) is 36.8. The Balaban J connectivity index is 4.33. The molecule has 53 heavy (non-hydrogen) atoms. The van der Waals surface area contributed by atoms with E-state index < -0.39 is 0 Å². The van der Waals surface area contributed by atoms with Crippen LogP contribution in [0.15, 0.2) is 0 Å². The maximum Gasteiger partial charge on any atom is 0.306 e. The first-order chi connectivity index (χ1) is 25.2. The Morgan fingerprint density at radius 3 is 1.36 bits per heavy atom. The standard InChI is InChI=1S/C46H89NO6/c1-11-40(8)29-31-42(39(6)7)33-36-52-45(49)26-21-17-13-15-19-24-43(53-46(50)27-22-34-47(9)10)23-18-14-12-16-20-25-44(48)51-35-32-41(38(4)5)30-28-37(2)3/h37-43H,11-36H2,1-10H3. The van der Waals surface area contributed by atoms with Crippen molar-refractivity contribution in [1.29, 1.82) is 0 Å². The minimum Gasteiger partial charge on any atom is -0.466 e. The molecular formula is C46H89NO6. The summed E-state index contributed by atoms with van der Waals surface area (Å²) >= 11 is 0. The van der Waals surface area contributed by atoms with Gasteiger partial charge in [0.05, 0.1) is 13.2 Å². The molecule has 0 spiro atoms. The number of hydrogen-bond donors (Lipinski definition) is 0. The highest BCUT2D eigenvalue weighted by molar-refractivity contribution is 5.70. The monoisotopic (exact) mass is 752 g/mol. The van der Waals surface area contributed by atoms with Crippen LogP contribution in [-0.2, 0) is 28.6 Å². The van der Waals surface area contributed by atoms with E-state index in [2.05, 4.69) is 60.3 Å². The van der Waals surface area contributed by atoms with E-state index in [1.807, 2.05) is 14.1 Å². The highest BCUT2D eigenvalue weighted by Crippen LogP contribution is 2.25. The van der Waals surface area contributed by atoms with E-state index in [4.69, 9.17) is 14.2 Å². The van der Waals surface area contributed by atoms with E-state index in [-0.39, 0.29) is 24.0 Å². The first-order valence-corrected chi connectivity index (χ1v) is 22.4. The lowest BCUT2D eigenvalue weighted by Crippen LogP contribution is -2.20. The summed E-state index contributed by atoms with van der Waals surface area (Å²) in [6, 6.07) is 0. The number of ether oxygens (including phenoxy) is 3. The van der Waals surface area contributed by atoms with E-state index in [0.29, 0.717) is 62.1 Å². The Labute approximate surface area is 329 Å². The average molecular weight is 752 g/mol. The second-order valence-electron chi connectivity index (χ2n) is 17.7. The van der Waals surface area contributed by atoms with E-state index in [1.165, 1.54) is 32.1 Å². The molecule has 7 heteroatoms. The minimum absolute atomic E-state index is 0.0261. The molecule has 0 N–H and O–H groups in total. The molecule has 0 saturated carbocycles. The highest BCUT2D eigenvalue weighted by atomic mass is 16.5.